The summed E-state index contributed by atoms with van der Waals surface area (Å²) in [5.41, 5.74) is 5.48. The standard InChI is InChI=1S/C11H23N3O/c1-13(2)10-6-3-4-8-14(11(10)15)9-5-7-12/h10H,3-9,12H2,1-2H3. The van der Waals surface area contributed by atoms with Gasteiger partial charge in [0.1, 0.15) is 0 Å². The van der Waals surface area contributed by atoms with Gasteiger partial charge in [-0.3, -0.25) is 9.69 Å². The molecular formula is C11H23N3O. The Bertz CT molecular complexity index is 206. The second-order valence-corrected chi connectivity index (χ2v) is 4.44. The van der Waals surface area contributed by atoms with Crippen molar-refractivity contribution in [3.05, 3.63) is 0 Å². The van der Waals surface area contributed by atoms with E-state index in [1.807, 2.05) is 23.9 Å². The smallest absolute Gasteiger partial charge is 0.239 e. The molecule has 0 radical (unpaired) electrons. The third-order valence-electron chi connectivity index (χ3n) is 3.01. The van der Waals surface area contributed by atoms with Crippen LogP contribution in [0.5, 0.6) is 0 Å². The number of nitrogens with zero attached hydrogens (tertiary/aromatic N) is 2. The molecule has 1 saturated heterocycles. The molecule has 1 heterocycles. The van der Waals surface area contributed by atoms with Crippen molar-refractivity contribution in [1.29, 1.82) is 0 Å². The molecule has 1 unspecified atom stereocenters. The van der Waals surface area contributed by atoms with E-state index in [9.17, 15) is 4.79 Å². The quantitative estimate of drug-likeness (QED) is 0.729. The van der Waals surface area contributed by atoms with Crippen LogP contribution in [0.4, 0.5) is 0 Å². The summed E-state index contributed by atoms with van der Waals surface area (Å²) in [7, 11) is 3.96. The van der Waals surface area contributed by atoms with E-state index in [0.717, 1.165) is 38.8 Å². The predicted molar refractivity (Wildman–Crippen MR) is 61.6 cm³/mol. The van der Waals surface area contributed by atoms with Crippen LogP contribution in [-0.2, 0) is 4.79 Å². The van der Waals surface area contributed by atoms with Gasteiger partial charge in [-0.2, -0.15) is 0 Å². The Kier molecular flexibility index (Phi) is 5.05. The maximum absolute atomic E-state index is 12.1. The van der Waals surface area contributed by atoms with Crippen molar-refractivity contribution in [3.8, 4) is 0 Å². The average Bonchev–Trinajstić information content (AvgIpc) is 2.37. The first-order chi connectivity index (χ1) is 7.16. The number of rotatable bonds is 4. The summed E-state index contributed by atoms with van der Waals surface area (Å²) in [5.74, 6) is 0.283. The van der Waals surface area contributed by atoms with E-state index in [2.05, 4.69) is 0 Å². The minimum atomic E-state index is 0.0743. The van der Waals surface area contributed by atoms with Crippen LogP contribution in [0.1, 0.15) is 25.7 Å². The minimum absolute atomic E-state index is 0.0743. The third kappa shape index (κ3) is 3.47. The van der Waals surface area contributed by atoms with Gasteiger partial charge in [0.15, 0.2) is 0 Å². The number of nitrogens with two attached hydrogens (primary N) is 1. The van der Waals surface area contributed by atoms with Gasteiger partial charge in [0.2, 0.25) is 5.91 Å². The van der Waals surface area contributed by atoms with Crippen molar-refractivity contribution in [2.45, 2.75) is 31.7 Å². The molecule has 1 aliphatic heterocycles. The molecule has 0 spiro atoms. The highest BCUT2D eigenvalue weighted by Crippen LogP contribution is 2.15. The fourth-order valence-corrected chi connectivity index (χ4v) is 2.07. The molecular weight excluding hydrogens is 190 g/mol. The lowest BCUT2D eigenvalue weighted by atomic mass is 10.1. The van der Waals surface area contributed by atoms with E-state index in [-0.39, 0.29) is 11.9 Å². The second-order valence-electron chi connectivity index (χ2n) is 4.44. The Balaban J connectivity index is 2.58. The molecule has 1 aliphatic rings. The first kappa shape index (κ1) is 12.5. The highest BCUT2D eigenvalue weighted by molar-refractivity contribution is 5.82. The number of likely N-dealkylation sites (N-methyl/N-ethyl adjacent to an activating group) is 1. The van der Waals surface area contributed by atoms with Crippen LogP contribution in [0.2, 0.25) is 0 Å². The molecule has 4 heteroatoms. The van der Waals surface area contributed by atoms with Gasteiger partial charge in [0.05, 0.1) is 6.04 Å². The fraction of sp³-hybridized carbons (Fsp3) is 0.909. The summed E-state index contributed by atoms with van der Waals surface area (Å²) in [6.07, 6.45) is 4.17. The minimum Gasteiger partial charge on any atom is -0.341 e. The number of amides is 1. The second kappa shape index (κ2) is 6.08. The summed E-state index contributed by atoms with van der Waals surface area (Å²) in [5, 5.41) is 0. The van der Waals surface area contributed by atoms with Crippen LogP contribution in [0.15, 0.2) is 0 Å². The molecule has 88 valence electrons. The molecule has 0 bridgehead atoms. The maximum atomic E-state index is 12.1. The molecule has 0 aromatic heterocycles. The Morgan fingerprint density at radius 3 is 2.80 bits per heavy atom. The average molecular weight is 213 g/mol. The van der Waals surface area contributed by atoms with Crippen LogP contribution in [0.25, 0.3) is 0 Å². The van der Waals surface area contributed by atoms with Crippen molar-refractivity contribution < 1.29 is 4.79 Å². The van der Waals surface area contributed by atoms with Crippen LogP contribution in [-0.4, -0.2) is 55.5 Å². The lowest BCUT2D eigenvalue weighted by Crippen LogP contribution is -2.45. The van der Waals surface area contributed by atoms with E-state index in [0.29, 0.717) is 6.54 Å². The van der Waals surface area contributed by atoms with E-state index in [1.165, 1.54) is 0 Å². The molecule has 1 atom stereocenters. The van der Waals surface area contributed by atoms with Crippen molar-refractivity contribution in [3.63, 3.8) is 0 Å². The van der Waals surface area contributed by atoms with Crippen LogP contribution < -0.4 is 5.73 Å². The normalized spacial score (nSPS) is 23.3. The SMILES string of the molecule is CN(C)C1CCCCN(CCCN)C1=O. The Morgan fingerprint density at radius 2 is 2.20 bits per heavy atom. The molecule has 1 rings (SSSR count). The molecule has 0 aliphatic carbocycles. The van der Waals surface area contributed by atoms with Gasteiger partial charge in [0, 0.05) is 13.1 Å². The van der Waals surface area contributed by atoms with Gasteiger partial charge in [0.25, 0.3) is 0 Å². The number of hydrogen-bond acceptors (Lipinski definition) is 3. The Morgan fingerprint density at radius 1 is 1.47 bits per heavy atom. The first-order valence-electron chi connectivity index (χ1n) is 5.82. The van der Waals surface area contributed by atoms with E-state index in [4.69, 9.17) is 5.73 Å². The molecule has 1 fully saturated rings. The zero-order valence-corrected chi connectivity index (χ0v) is 9.91. The van der Waals surface area contributed by atoms with Crippen molar-refractivity contribution >= 4 is 5.91 Å². The molecule has 0 saturated carbocycles. The maximum Gasteiger partial charge on any atom is 0.239 e. The van der Waals surface area contributed by atoms with Gasteiger partial charge in [-0.05, 0) is 46.3 Å². The largest absolute Gasteiger partial charge is 0.341 e. The molecule has 1 amide bonds. The molecule has 0 aromatic rings. The van der Waals surface area contributed by atoms with E-state index < -0.39 is 0 Å². The predicted octanol–water partition coefficient (Wildman–Crippen LogP) is 0.278. The molecule has 0 aromatic carbocycles. The summed E-state index contributed by atoms with van der Waals surface area (Å²) in [6.45, 7) is 2.39. The Labute approximate surface area is 92.4 Å². The van der Waals surface area contributed by atoms with Crippen molar-refractivity contribution in [1.82, 2.24) is 9.80 Å². The third-order valence-corrected chi connectivity index (χ3v) is 3.01. The summed E-state index contributed by atoms with van der Waals surface area (Å²) >= 11 is 0. The number of likely N-dealkylation sites (tertiary alicyclic amines) is 1. The zero-order valence-electron chi connectivity index (χ0n) is 9.91. The van der Waals surface area contributed by atoms with Crippen LogP contribution >= 0.6 is 0 Å². The topological polar surface area (TPSA) is 49.6 Å². The summed E-state index contributed by atoms with van der Waals surface area (Å²) in [6, 6.07) is 0.0743. The van der Waals surface area contributed by atoms with Crippen molar-refractivity contribution in [2.24, 2.45) is 5.73 Å². The van der Waals surface area contributed by atoms with Gasteiger partial charge >= 0.3 is 0 Å². The fourth-order valence-electron chi connectivity index (χ4n) is 2.07. The van der Waals surface area contributed by atoms with Gasteiger partial charge < -0.3 is 10.6 Å². The Hall–Kier alpha value is -0.610. The number of carbonyl (C=O) groups excluding carboxylic acids is 1. The van der Waals surface area contributed by atoms with Gasteiger partial charge in [-0.15, -0.1) is 0 Å². The van der Waals surface area contributed by atoms with E-state index in [1.54, 1.807) is 0 Å². The van der Waals surface area contributed by atoms with Crippen LogP contribution in [0.3, 0.4) is 0 Å². The zero-order chi connectivity index (χ0) is 11.3. The first-order valence-corrected chi connectivity index (χ1v) is 5.82. The van der Waals surface area contributed by atoms with E-state index >= 15 is 0 Å². The highest BCUT2D eigenvalue weighted by Gasteiger charge is 2.27. The number of carbonyl (C=O) groups is 1. The highest BCUT2D eigenvalue weighted by atomic mass is 16.2. The lowest BCUT2D eigenvalue weighted by Gasteiger charge is -2.27. The number of hydrogen-bond donors (Lipinski definition) is 1. The van der Waals surface area contributed by atoms with Gasteiger partial charge in [-0.1, -0.05) is 0 Å². The van der Waals surface area contributed by atoms with Crippen molar-refractivity contribution in [2.75, 3.05) is 33.7 Å². The monoisotopic (exact) mass is 213 g/mol. The van der Waals surface area contributed by atoms with Gasteiger partial charge in [-0.25, -0.2) is 0 Å². The van der Waals surface area contributed by atoms with Crippen LogP contribution in [0, 0.1) is 0 Å². The molecule has 4 nitrogen and oxygen atoms in total. The molecule has 2 N–H and O–H groups in total. The lowest BCUT2D eigenvalue weighted by molar-refractivity contribution is -0.135. The summed E-state index contributed by atoms with van der Waals surface area (Å²) in [4.78, 5) is 16.1. The summed E-state index contributed by atoms with van der Waals surface area (Å²) < 4.78 is 0. The molecule has 15 heavy (non-hydrogen) atoms.